The molecule has 33 heavy (non-hydrogen) atoms. The van der Waals surface area contributed by atoms with Crippen LogP contribution in [0.5, 0.6) is 5.75 Å². The maximum absolute atomic E-state index is 13.0. The Morgan fingerprint density at radius 1 is 0.939 bits per heavy atom. The van der Waals surface area contributed by atoms with Gasteiger partial charge in [-0.05, 0) is 56.9 Å². The lowest BCUT2D eigenvalue weighted by atomic mass is 9.96. The van der Waals surface area contributed by atoms with Crippen molar-refractivity contribution in [3.63, 3.8) is 0 Å². The van der Waals surface area contributed by atoms with Gasteiger partial charge >= 0.3 is 0 Å². The molecule has 0 N–H and O–H groups in total. The largest absolute Gasteiger partial charge is 0.494 e. The fraction of sp³-hybridized carbons (Fsp3) is 0.652. The highest BCUT2D eigenvalue weighted by Crippen LogP contribution is 2.27. The first kappa shape index (κ1) is 24.0. The molecule has 1 aromatic rings. The molecular formula is C23H33N3O6S. The SMILES string of the molecule is CCOc1ccc(S(=O)(=O)N2CCC(C(=O)N3CCN(C(=O)C4CCCO4)CC3)CC2)cc1. The molecule has 3 heterocycles. The zero-order valence-corrected chi connectivity index (χ0v) is 20.0. The van der Waals surface area contributed by atoms with Gasteiger partial charge in [-0.1, -0.05) is 0 Å². The summed E-state index contributed by atoms with van der Waals surface area (Å²) in [5, 5.41) is 0. The van der Waals surface area contributed by atoms with E-state index in [2.05, 4.69) is 0 Å². The van der Waals surface area contributed by atoms with Gasteiger partial charge in [0, 0.05) is 51.8 Å². The van der Waals surface area contributed by atoms with E-state index in [0.29, 0.717) is 71.1 Å². The molecule has 3 aliphatic heterocycles. The second-order valence-corrected chi connectivity index (χ2v) is 10.7. The third kappa shape index (κ3) is 5.33. The van der Waals surface area contributed by atoms with E-state index in [0.717, 1.165) is 12.8 Å². The Bertz CT molecular complexity index is 929. The first-order valence-electron chi connectivity index (χ1n) is 11.8. The van der Waals surface area contributed by atoms with Crippen molar-refractivity contribution >= 4 is 21.8 Å². The van der Waals surface area contributed by atoms with Crippen LogP contribution in [0.3, 0.4) is 0 Å². The zero-order chi connectivity index (χ0) is 23.4. The summed E-state index contributed by atoms with van der Waals surface area (Å²) in [6.07, 6.45) is 2.38. The van der Waals surface area contributed by atoms with Crippen LogP contribution in [0.15, 0.2) is 29.2 Å². The number of sulfonamides is 1. The van der Waals surface area contributed by atoms with Gasteiger partial charge in [0.2, 0.25) is 15.9 Å². The molecule has 0 bridgehead atoms. The molecule has 182 valence electrons. The van der Waals surface area contributed by atoms with Crippen LogP contribution in [-0.2, 0) is 24.3 Å². The number of amides is 2. The van der Waals surface area contributed by atoms with E-state index in [1.54, 1.807) is 29.2 Å². The van der Waals surface area contributed by atoms with E-state index >= 15 is 0 Å². The van der Waals surface area contributed by atoms with Crippen LogP contribution in [0.1, 0.15) is 32.6 Å². The molecule has 0 aromatic heterocycles. The molecule has 3 aliphatic rings. The van der Waals surface area contributed by atoms with Gasteiger partial charge in [0.05, 0.1) is 11.5 Å². The highest BCUT2D eigenvalue weighted by atomic mass is 32.2. The minimum absolute atomic E-state index is 0.0346. The zero-order valence-electron chi connectivity index (χ0n) is 19.1. The van der Waals surface area contributed by atoms with E-state index in [-0.39, 0.29) is 28.7 Å². The van der Waals surface area contributed by atoms with E-state index in [9.17, 15) is 18.0 Å². The van der Waals surface area contributed by atoms with E-state index < -0.39 is 10.0 Å². The number of hydrogen-bond donors (Lipinski definition) is 0. The van der Waals surface area contributed by atoms with Gasteiger partial charge in [-0.15, -0.1) is 0 Å². The topological polar surface area (TPSA) is 96.5 Å². The van der Waals surface area contributed by atoms with Gasteiger partial charge in [0.25, 0.3) is 5.91 Å². The first-order valence-corrected chi connectivity index (χ1v) is 13.3. The number of nitrogens with zero attached hydrogens (tertiary/aromatic N) is 3. The maximum Gasteiger partial charge on any atom is 0.251 e. The van der Waals surface area contributed by atoms with Gasteiger partial charge < -0.3 is 19.3 Å². The Labute approximate surface area is 195 Å². The highest BCUT2D eigenvalue weighted by molar-refractivity contribution is 7.89. The Morgan fingerprint density at radius 3 is 2.09 bits per heavy atom. The Morgan fingerprint density at radius 2 is 1.55 bits per heavy atom. The summed E-state index contributed by atoms with van der Waals surface area (Å²) in [4.78, 5) is 29.4. The normalized spacial score (nSPS) is 23.0. The van der Waals surface area contributed by atoms with E-state index in [4.69, 9.17) is 9.47 Å². The van der Waals surface area contributed by atoms with Crippen molar-refractivity contribution in [2.75, 3.05) is 52.5 Å². The first-order chi connectivity index (χ1) is 15.9. The number of carbonyl (C=O) groups excluding carboxylic acids is 2. The molecular weight excluding hydrogens is 446 g/mol. The van der Waals surface area contributed by atoms with Crippen molar-refractivity contribution in [3.05, 3.63) is 24.3 Å². The fourth-order valence-electron chi connectivity index (χ4n) is 4.75. The van der Waals surface area contributed by atoms with Gasteiger partial charge in [-0.3, -0.25) is 9.59 Å². The Kier molecular flexibility index (Phi) is 7.55. The summed E-state index contributed by atoms with van der Waals surface area (Å²) in [6.45, 7) is 5.76. The molecule has 0 saturated carbocycles. The smallest absolute Gasteiger partial charge is 0.251 e. The molecule has 0 aliphatic carbocycles. The number of rotatable bonds is 6. The molecule has 2 amide bonds. The lowest BCUT2D eigenvalue weighted by Crippen LogP contribution is -2.54. The lowest BCUT2D eigenvalue weighted by Gasteiger charge is -2.38. The van der Waals surface area contributed by atoms with Crippen LogP contribution >= 0.6 is 0 Å². The van der Waals surface area contributed by atoms with Crippen molar-refractivity contribution in [2.45, 2.75) is 43.6 Å². The van der Waals surface area contributed by atoms with Gasteiger partial charge in [0.1, 0.15) is 11.9 Å². The maximum atomic E-state index is 13.0. The monoisotopic (exact) mass is 479 g/mol. The number of hydrogen-bond acceptors (Lipinski definition) is 6. The second-order valence-electron chi connectivity index (χ2n) is 8.74. The summed E-state index contributed by atoms with van der Waals surface area (Å²) in [5.74, 6) is 0.556. The molecule has 3 saturated heterocycles. The average Bonchev–Trinajstić information content (AvgIpc) is 3.39. The van der Waals surface area contributed by atoms with Crippen molar-refractivity contribution in [1.82, 2.24) is 14.1 Å². The summed E-state index contributed by atoms with van der Waals surface area (Å²) < 4.78 is 38.3. The lowest BCUT2D eigenvalue weighted by molar-refractivity contribution is -0.147. The minimum Gasteiger partial charge on any atom is -0.494 e. The van der Waals surface area contributed by atoms with Gasteiger partial charge in [0.15, 0.2) is 0 Å². The highest BCUT2D eigenvalue weighted by Gasteiger charge is 2.36. The molecule has 1 unspecified atom stereocenters. The van der Waals surface area contributed by atoms with Crippen LogP contribution in [0.2, 0.25) is 0 Å². The Balaban J connectivity index is 1.27. The number of piperidine rings is 1. The van der Waals surface area contributed by atoms with Crippen LogP contribution in [0, 0.1) is 5.92 Å². The number of piperazine rings is 1. The quantitative estimate of drug-likeness (QED) is 0.611. The summed E-state index contributed by atoms with van der Waals surface area (Å²) in [6, 6.07) is 6.45. The summed E-state index contributed by atoms with van der Waals surface area (Å²) in [5.41, 5.74) is 0. The molecule has 1 aromatic carbocycles. The average molecular weight is 480 g/mol. The second kappa shape index (κ2) is 10.4. The van der Waals surface area contributed by atoms with Crippen LogP contribution in [0.25, 0.3) is 0 Å². The summed E-state index contributed by atoms with van der Waals surface area (Å²) in [7, 11) is -3.60. The molecule has 3 fully saturated rings. The van der Waals surface area contributed by atoms with Crippen molar-refractivity contribution < 1.29 is 27.5 Å². The van der Waals surface area contributed by atoms with Gasteiger partial charge in [-0.2, -0.15) is 4.31 Å². The number of carbonyl (C=O) groups is 2. The van der Waals surface area contributed by atoms with Crippen molar-refractivity contribution in [1.29, 1.82) is 0 Å². The molecule has 0 spiro atoms. The third-order valence-corrected chi connectivity index (χ3v) is 8.60. The number of benzene rings is 1. The standard InChI is InChI=1S/C23H33N3O6S/c1-2-31-19-5-7-20(8-6-19)33(29,30)26-11-9-18(10-12-26)22(27)24-13-15-25(16-14-24)23(28)21-4-3-17-32-21/h5-8,18,21H,2-4,9-17H2,1H3. The van der Waals surface area contributed by atoms with Gasteiger partial charge in [-0.25, -0.2) is 8.42 Å². The van der Waals surface area contributed by atoms with E-state index in [1.165, 1.54) is 4.31 Å². The van der Waals surface area contributed by atoms with Crippen LogP contribution in [-0.4, -0.2) is 92.9 Å². The number of ether oxygens (including phenoxy) is 2. The van der Waals surface area contributed by atoms with Crippen molar-refractivity contribution in [2.24, 2.45) is 5.92 Å². The van der Waals surface area contributed by atoms with E-state index in [1.807, 2.05) is 11.8 Å². The Hall–Kier alpha value is -2.17. The fourth-order valence-corrected chi connectivity index (χ4v) is 6.22. The minimum atomic E-state index is -3.60. The molecule has 0 radical (unpaired) electrons. The molecule has 10 heteroatoms. The molecule has 9 nitrogen and oxygen atoms in total. The van der Waals surface area contributed by atoms with Crippen LogP contribution < -0.4 is 4.74 Å². The third-order valence-electron chi connectivity index (χ3n) is 6.68. The molecule has 1 atom stereocenters. The van der Waals surface area contributed by atoms with Crippen LogP contribution in [0.4, 0.5) is 0 Å². The predicted octanol–water partition coefficient (Wildman–Crippen LogP) is 1.34. The summed E-state index contributed by atoms with van der Waals surface area (Å²) >= 11 is 0. The predicted molar refractivity (Wildman–Crippen MR) is 121 cm³/mol. The van der Waals surface area contributed by atoms with Crippen molar-refractivity contribution in [3.8, 4) is 5.75 Å². The molecule has 4 rings (SSSR count).